The number of anilines is 3. The number of nitrogens with zero attached hydrogens (tertiary/aromatic N) is 4. The van der Waals surface area contributed by atoms with Gasteiger partial charge in [-0.1, -0.05) is 6.07 Å². The van der Waals surface area contributed by atoms with Gasteiger partial charge in [-0.3, -0.25) is 0 Å². The third-order valence-electron chi connectivity index (χ3n) is 2.92. The maximum Gasteiger partial charge on any atom is 0.250 e. The van der Waals surface area contributed by atoms with Gasteiger partial charge in [-0.15, -0.1) is 0 Å². The van der Waals surface area contributed by atoms with E-state index < -0.39 is 0 Å². The first-order chi connectivity index (χ1) is 11.7. The molecule has 128 valence electrons. The second-order valence-electron chi connectivity index (χ2n) is 4.63. The maximum atomic E-state index is 10.0. The number of phenols is 1. The molecule has 0 spiro atoms. The van der Waals surface area contributed by atoms with Crippen LogP contribution in [0.25, 0.3) is 0 Å². The number of aromatic nitrogens is 3. The Labute approximate surface area is 140 Å². The van der Waals surface area contributed by atoms with Gasteiger partial charge in [-0.05, 0) is 26.0 Å². The number of hydrazone groups is 1. The Morgan fingerprint density at radius 3 is 2.29 bits per heavy atom. The van der Waals surface area contributed by atoms with Crippen LogP contribution in [0, 0.1) is 0 Å². The summed E-state index contributed by atoms with van der Waals surface area (Å²) in [5.74, 6) is 1.58. The predicted octanol–water partition coefficient (Wildman–Crippen LogP) is 1.90. The van der Waals surface area contributed by atoms with Crippen LogP contribution < -0.4 is 20.8 Å². The van der Waals surface area contributed by atoms with E-state index in [1.165, 1.54) is 13.3 Å². The molecule has 24 heavy (non-hydrogen) atoms. The van der Waals surface area contributed by atoms with Crippen molar-refractivity contribution >= 4 is 24.1 Å². The molecule has 1 aromatic heterocycles. The molecule has 0 amide bonds. The number of rotatable bonds is 8. The van der Waals surface area contributed by atoms with Gasteiger partial charge in [0.2, 0.25) is 17.8 Å². The Kier molecular flexibility index (Phi) is 6.12. The number of hydrogen-bond donors (Lipinski definition) is 4. The second kappa shape index (κ2) is 8.51. The summed E-state index contributed by atoms with van der Waals surface area (Å²) in [5, 5.41) is 20.1. The molecular formula is C15H21N7O2. The van der Waals surface area contributed by atoms with Crippen molar-refractivity contribution < 1.29 is 9.84 Å². The van der Waals surface area contributed by atoms with E-state index in [4.69, 9.17) is 4.74 Å². The van der Waals surface area contributed by atoms with Gasteiger partial charge in [0.05, 0.1) is 13.3 Å². The number of methoxy groups -OCH3 is 1. The first kappa shape index (κ1) is 17.3. The third-order valence-corrected chi connectivity index (χ3v) is 2.92. The van der Waals surface area contributed by atoms with Gasteiger partial charge in [0.1, 0.15) is 0 Å². The number of phenolic OH excluding ortho intramolecular Hbond substituents is 1. The van der Waals surface area contributed by atoms with Gasteiger partial charge in [0.25, 0.3) is 0 Å². The fourth-order valence-electron chi connectivity index (χ4n) is 1.87. The lowest BCUT2D eigenvalue weighted by molar-refractivity contribution is 0.373. The quantitative estimate of drug-likeness (QED) is 0.428. The molecule has 1 aromatic carbocycles. The second-order valence-corrected chi connectivity index (χ2v) is 4.63. The van der Waals surface area contributed by atoms with E-state index in [-0.39, 0.29) is 11.7 Å². The zero-order valence-corrected chi connectivity index (χ0v) is 13.9. The van der Waals surface area contributed by atoms with Crippen molar-refractivity contribution in [1.29, 1.82) is 0 Å². The number of ether oxygens (including phenoxy) is 1. The van der Waals surface area contributed by atoms with Gasteiger partial charge in [-0.25, -0.2) is 5.43 Å². The SMILES string of the molecule is CCNc1nc(NCC)nc(N/N=C\c2cccc(OC)c2O)n1. The maximum absolute atomic E-state index is 10.0. The summed E-state index contributed by atoms with van der Waals surface area (Å²) in [7, 11) is 1.49. The van der Waals surface area contributed by atoms with Crippen LogP contribution in [0.4, 0.5) is 17.8 Å². The van der Waals surface area contributed by atoms with Crippen LogP contribution in [0.2, 0.25) is 0 Å². The average molecular weight is 331 g/mol. The summed E-state index contributed by atoms with van der Waals surface area (Å²) >= 11 is 0. The molecule has 9 heteroatoms. The average Bonchev–Trinajstić information content (AvgIpc) is 2.57. The lowest BCUT2D eigenvalue weighted by atomic mass is 10.2. The highest BCUT2D eigenvalue weighted by molar-refractivity contribution is 5.85. The Morgan fingerprint density at radius 1 is 1.08 bits per heavy atom. The van der Waals surface area contributed by atoms with Crippen molar-refractivity contribution in [3.8, 4) is 11.5 Å². The Hall–Kier alpha value is -3.10. The lowest BCUT2D eigenvalue weighted by Gasteiger charge is -2.08. The Morgan fingerprint density at radius 2 is 1.71 bits per heavy atom. The van der Waals surface area contributed by atoms with E-state index in [1.807, 2.05) is 13.8 Å². The molecule has 0 atom stereocenters. The molecule has 0 saturated heterocycles. The highest BCUT2D eigenvalue weighted by Gasteiger charge is 2.06. The highest BCUT2D eigenvalue weighted by atomic mass is 16.5. The van der Waals surface area contributed by atoms with E-state index in [0.29, 0.717) is 36.3 Å². The van der Waals surface area contributed by atoms with Gasteiger partial charge < -0.3 is 20.5 Å². The molecule has 0 fully saturated rings. The van der Waals surface area contributed by atoms with Crippen molar-refractivity contribution in [2.24, 2.45) is 5.10 Å². The molecular weight excluding hydrogens is 310 g/mol. The van der Waals surface area contributed by atoms with Gasteiger partial charge in [0.15, 0.2) is 11.5 Å². The molecule has 2 rings (SSSR count). The molecule has 9 nitrogen and oxygen atoms in total. The monoisotopic (exact) mass is 331 g/mol. The zero-order chi connectivity index (χ0) is 17.4. The van der Waals surface area contributed by atoms with Gasteiger partial charge in [-0.2, -0.15) is 20.1 Å². The number of para-hydroxylation sites is 1. The number of benzene rings is 1. The number of nitrogens with one attached hydrogen (secondary N) is 3. The summed E-state index contributed by atoms with van der Waals surface area (Å²) in [6.07, 6.45) is 1.46. The van der Waals surface area contributed by atoms with E-state index >= 15 is 0 Å². The van der Waals surface area contributed by atoms with Crippen LogP contribution in [0.1, 0.15) is 19.4 Å². The zero-order valence-electron chi connectivity index (χ0n) is 13.9. The van der Waals surface area contributed by atoms with Gasteiger partial charge >= 0.3 is 0 Å². The molecule has 2 aromatic rings. The standard InChI is InChI=1S/C15H21N7O2/c1-4-16-13-19-14(17-5-2)21-15(20-13)22-18-9-10-7-6-8-11(24-3)12(10)23/h6-9,23H,4-5H2,1-3H3,(H3,16,17,19,20,21,22)/b18-9-. The van der Waals surface area contributed by atoms with Crippen molar-refractivity contribution in [3.05, 3.63) is 23.8 Å². The molecule has 0 bridgehead atoms. The summed E-state index contributed by atoms with van der Waals surface area (Å²) in [6, 6.07) is 5.14. The minimum Gasteiger partial charge on any atom is -0.504 e. The third kappa shape index (κ3) is 4.45. The molecule has 4 N–H and O–H groups in total. The largest absolute Gasteiger partial charge is 0.504 e. The molecule has 1 heterocycles. The molecule has 0 radical (unpaired) electrons. The summed E-state index contributed by atoms with van der Waals surface area (Å²) in [6.45, 7) is 5.28. The van der Waals surface area contributed by atoms with E-state index in [2.05, 4.69) is 36.1 Å². The molecule has 0 aliphatic carbocycles. The van der Waals surface area contributed by atoms with E-state index in [0.717, 1.165) is 0 Å². The van der Waals surface area contributed by atoms with Crippen molar-refractivity contribution in [2.75, 3.05) is 36.3 Å². The first-order valence-corrected chi connectivity index (χ1v) is 7.56. The normalized spacial score (nSPS) is 10.6. The molecule has 0 unspecified atom stereocenters. The minimum atomic E-state index is 0.0166. The van der Waals surface area contributed by atoms with Crippen LogP contribution in [0.5, 0.6) is 11.5 Å². The smallest absolute Gasteiger partial charge is 0.250 e. The number of hydrogen-bond acceptors (Lipinski definition) is 9. The van der Waals surface area contributed by atoms with Crippen LogP contribution in [-0.4, -0.2) is 46.5 Å². The first-order valence-electron chi connectivity index (χ1n) is 7.56. The van der Waals surface area contributed by atoms with E-state index in [1.54, 1.807) is 18.2 Å². The van der Waals surface area contributed by atoms with Crippen molar-refractivity contribution in [1.82, 2.24) is 15.0 Å². The summed E-state index contributed by atoms with van der Waals surface area (Å²) < 4.78 is 5.05. The lowest BCUT2D eigenvalue weighted by Crippen LogP contribution is -2.10. The minimum absolute atomic E-state index is 0.0166. The van der Waals surface area contributed by atoms with Crippen LogP contribution >= 0.6 is 0 Å². The fraction of sp³-hybridized carbons (Fsp3) is 0.333. The van der Waals surface area contributed by atoms with E-state index in [9.17, 15) is 5.11 Å². The predicted molar refractivity (Wildman–Crippen MR) is 94.0 cm³/mol. The number of aromatic hydroxyl groups is 1. The highest BCUT2D eigenvalue weighted by Crippen LogP contribution is 2.27. The van der Waals surface area contributed by atoms with Crippen molar-refractivity contribution in [2.45, 2.75) is 13.8 Å². The fourth-order valence-corrected chi connectivity index (χ4v) is 1.87. The topological polar surface area (TPSA) is 117 Å². The van der Waals surface area contributed by atoms with Gasteiger partial charge in [0, 0.05) is 18.7 Å². The Balaban J connectivity index is 2.16. The Bertz CT molecular complexity index is 682. The summed E-state index contributed by atoms with van der Waals surface area (Å²) in [5.41, 5.74) is 3.24. The van der Waals surface area contributed by atoms with Crippen molar-refractivity contribution in [3.63, 3.8) is 0 Å². The molecule has 0 aliphatic heterocycles. The van der Waals surface area contributed by atoms with Crippen LogP contribution in [0.3, 0.4) is 0 Å². The molecule has 0 aliphatic rings. The van der Waals surface area contributed by atoms with Crippen LogP contribution in [-0.2, 0) is 0 Å². The summed E-state index contributed by atoms with van der Waals surface area (Å²) in [4.78, 5) is 12.6. The molecule has 0 saturated carbocycles. The van der Waals surface area contributed by atoms with Crippen LogP contribution in [0.15, 0.2) is 23.3 Å².